The molecule has 1 atom stereocenters. The van der Waals surface area contributed by atoms with E-state index < -0.39 is 0 Å². The smallest absolute Gasteiger partial charge is 0.236 e. The van der Waals surface area contributed by atoms with Crippen LogP contribution in [0.2, 0.25) is 0 Å². The quantitative estimate of drug-likeness (QED) is 0.869. The number of oxazole rings is 1. The van der Waals surface area contributed by atoms with Crippen molar-refractivity contribution >= 4 is 42.1 Å². The van der Waals surface area contributed by atoms with Crippen molar-refractivity contribution in [2.45, 2.75) is 25.3 Å². The van der Waals surface area contributed by atoms with Gasteiger partial charge in [-0.1, -0.05) is 6.07 Å². The first kappa shape index (κ1) is 20.0. The predicted octanol–water partition coefficient (Wildman–Crippen LogP) is 3.00. The van der Waals surface area contributed by atoms with Crippen molar-refractivity contribution in [3.63, 3.8) is 0 Å². The van der Waals surface area contributed by atoms with E-state index in [0.717, 1.165) is 30.8 Å². The number of halogens is 2. The Morgan fingerprint density at radius 1 is 1.52 bits per heavy atom. The lowest BCUT2D eigenvalue weighted by Gasteiger charge is -2.24. The molecule has 128 valence electrons. The van der Waals surface area contributed by atoms with E-state index in [4.69, 9.17) is 4.42 Å². The van der Waals surface area contributed by atoms with Crippen molar-refractivity contribution in [1.29, 1.82) is 0 Å². The lowest BCUT2D eigenvalue weighted by Crippen LogP contribution is -2.41. The van der Waals surface area contributed by atoms with Crippen molar-refractivity contribution in [2.24, 2.45) is 0 Å². The first-order valence-electron chi connectivity index (χ1n) is 7.20. The highest BCUT2D eigenvalue weighted by Gasteiger charge is 2.28. The number of carbonyl (C=O) groups is 1. The number of likely N-dealkylation sites (tertiary alicyclic amines) is 1. The number of nitrogens with zero attached hydrogens (tertiary/aromatic N) is 2. The van der Waals surface area contributed by atoms with Gasteiger partial charge >= 0.3 is 0 Å². The minimum absolute atomic E-state index is 0. The third kappa shape index (κ3) is 4.70. The van der Waals surface area contributed by atoms with Crippen LogP contribution in [0.15, 0.2) is 28.2 Å². The molecular formula is C15H21Cl2N3O2S. The fourth-order valence-corrected chi connectivity index (χ4v) is 3.43. The molecule has 5 nitrogen and oxygen atoms in total. The van der Waals surface area contributed by atoms with Gasteiger partial charge in [0, 0.05) is 19.1 Å². The second-order valence-electron chi connectivity index (χ2n) is 5.24. The summed E-state index contributed by atoms with van der Waals surface area (Å²) in [5.41, 5.74) is 0.707. The van der Waals surface area contributed by atoms with Crippen LogP contribution in [0.5, 0.6) is 0 Å². The molecule has 1 aliphatic heterocycles. The van der Waals surface area contributed by atoms with E-state index in [2.05, 4.69) is 10.3 Å². The van der Waals surface area contributed by atoms with Gasteiger partial charge in [0.1, 0.15) is 6.26 Å². The summed E-state index contributed by atoms with van der Waals surface area (Å²) < 4.78 is 5.46. The summed E-state index contributed by atoms with van der Waals surface area (Å²) in [5, 5.41) is 5.14. The molecule has 1 N–H and O–H groups in total. The Morgan fingerprint density at radius 3 is 3.04 bits per heavy atom. The molecule has 0 aromatic carbocycles. The van der Waals surface area contributed by atoms with Crippen LogP contribution in [0.1, 0.15) is 18.5 Å². The Morgan fingerprint density at radius 2 is 2.35 bits per heavy atom. The van der Waals surface area contributed by atoms with Crippen LogP contribution in [-0.4, -0.2) is 42.0 Å². The predicted molar refractivity (Wildman–Crippen MR) is 96.7 cm³/mol. The number of carbonyl (C=O) groups excluding carboxylic acids is 1. The Bertz CT molecular complexity index is 604. The van der Waals surface area contributed by atoms with E-state index in [1.54, 1.807) is 17.6 Å². The average molecular weight is 378 g/mol. The van der Waals surface area contributed by atoms with Gasteiger partial charge in [0.15, 0.2) is 0 Å². The SMILES string of the molecule is CNCC1CCCN1C(=O)Cc1coc(-c2cccs2)n1.Cl.Cl. The summed E-state index contributed by atoms with van der Waals surface area (Å²) in [4.78, 5) is 19.8. The molecule has 1 unspecified atom stereocenters. The van der Waals surface area contributed by atoms with Crippen LogP contribution in [0.4, 0.5) is 0 Å². The summed E-state index contributed by atoms with van der Waals surface area (Å²) >= 11 is 1.58. The van der Waals surface area contributed by atoms with Gasteiger partial charge < -0.3 is 14.6 Å². The molecule has 3 heterocycles. The van der Waals surface area contributed by atoms with Crippen LogP contribution in [0.3, 0.4) is 0 Å². The molecule has 23 heavy (non-hydrogen) atoms. The van der Waals surface area contributed by atoms with Gasteiger partial charge in [-0.15, -0.1) is 36.2 Å². The third-order valence-corrected chi connectivity index (χ3v) is 4.61. The molecule has 0 bridgehead atoms. The maximum Gasteiger partial charge on any atom is 0.236 e. The Labute approximate surface area is 152 Å². The molecule has 2 aromatic rings. The molecule has 1 amide bonds. The van der Waals surface area contributed by atoms with E-state index in [1.165, 1.54) is 0 Å². The fourth-order valence-electron chi connectivity index (χ4n) is 2.77. The molecule has 8 heteroatoms. The number of thiophene rings is 1. The van der Waals surface area contributed by atoms with Crippen molar-refractivity contribution in [3.8, 4) is 10.8 Å². The molecule has 1 fully saturated rings. The van der Waals surface area contributed by atoms with Crippen molar-refractivity contribution in [1.82, 2.24) is 15.2 Å². The number of amides is 1. The zero-order chi connectivity index (χ0) is 14.7. The van der Waals surface area contributed by atoms with Gasteiger partial charge in [-0.05, 0) is 31.3 Å². The summed E-state index contributed by atoms with van der Waals surface area (Å²) in [5.74, 6) is 0.736. The van der Waals surface area contributed by atoms with Gasteiger partial charge in [-0.25, -0.2) is 4.98 Å². The van der Waals surface area contributed by atoms with Crippen LogP contribution in [0, 0.1) is 0 Å². The number of hydrogen-bond donors (Lipinski definition) is 1. The van der Waals surface area contributed by atoms with Crippen molar-refractivity contribution in [3.05, 3.63) is 29.5 Å². The van der Waals surface area contributed by atoms with Crippen molar-refractivity contribution in [2.75, 3.05) is 20.1 Å². The topological polar surface area (TPSA) is 58.4 Å². The van der Waals surface area contributed by atoms with Gasteiger partial charge in [0.25, 0.3) is 0 Å². The van der Waals surface area contributed by atoms with E-state index in [9.17, 15) is 4.79 Å². The number of hydrogen-bond acceptors (Lipinski definition) is 5. The molecule has 1 saturated heterocycles. The van der Waals surface area contributed by atoms with Gasteiger partial charge in [-0.2, -0.15) is 0 Å². The third-order valence-electron chi connectivity index (χ3n) is 3.75. The van der Waals surface area contributed by atoms with Crippen molar-refractivity contribution < 1.29 is 9.21 Å². The number of aromatic nitrogens is 1. The minimum atomic E-state index is 0. The van der Waals surface area contributed by atoms with Gasteiger partial charge in [-0.3, -0.25) is 4.79 Å². The minimum Gasteiger partial charge on any atom is -0.444 e. The summed E-state index contributed by atoms with van der Waals surface area (Å²) in [6.07, 6.45) is 4.06. The van der Waals surface area contributed by atoms with E-state index in [0.29, 0.717) is 24.0 Å². The Balaban J connectivity index is 0.00000132. The molecule has 0 saturated carbocycles. The molecular weight excluding hydrogens is 357 g/mol. The Kier molecular flexibility index (Phi) is 8.05. The second-order valence-corrected chi connectivity index (χ2v) is 6.19. The molecule has 0 aliphatic carbocycles. The molecule has 3 rings (SSSR count). The second kappa shape index (κ2) is 9.27. The van der Waals surface area contributed by atoms with E-state index >= 15 is 0 Å². The maximum atomic E-state index is 12.4. The highest BCUT2D eigenvalue weighted by Crippen LogP contribution is 2.24. The maximum absolute atomic E-state index is 12.4. The molecule has 0 spiro atoms. The summed E-state index contributed by atoms with van der Waals surface area (Å²) in [6.45, 7) is 1.70. The monoisotopic (exact) mass is 377 g/mol. The zero-order valence-electron chi connectivity index (χ0n) is 12.9. The lowest BCUT2D eigenvalue weighted by molar-refractivity contribution is -0.131. The van der Waals surface area contributed by atoms with Crippen LogP contribution in [0.25, 0.3) is 10.8 Å². The number of likely N-dealkylation sites (N-methyl/N-ethyl adjacent to an activating group) is 1. The molecule has 1 aliphatic rings. The van der Waals surface area contributed by atoms with Crippen LogP contribution >= 0.6 is 36.2 Å². The summed E-state index contributed by atoms with van der Waals surface area (Å²) in [6, 6.07) is 4.23. The first-order valence-corrected chi connectivity index (χ1v) is 8.08. The zero-order valence-corrected chi connectivity index (χ0v) is 15.3. The standard InChI is InChI=1S/C15H19N3O2S.2ClH/c1-16-9-12-4-2-6-18(12)14(19)8-11-10-20-15(17-11)13-5-3-7-21-13;;/h3,5,7,10,12,16H,2,4,6,8-9H2,1H3;2*1H. The lowest BCUT2D eigenvalue weighted by atomic mass is 10.2. The summed E-state index contributed by atoms with van der Waals surface area (Å²) in [7, 11) is 1.92. The number of rotatable bonds is 5. The Hall–Kier alpha value is -1.08. The largest absolute Gasteiger partial charge is 0.444 e. The highest BCUT2D eigenvalue weighted by atomic mass is 35.5. The molecule has 0 radical (unpaired) electrons. The van der Waals surface area contributed by atoms with Gasteiger partial charge in [0.2, 0.25) is 11.8 Å². The van der Waals surface area contributed by atoms with Gasteiger partial charge in [0.05, 0.1) is 17.0 Å². The van der Waals surface area contributed by atoms with Crippen LogP contribution in [-0.2, 0) is 11.2 Å². The number of nitrogens with one attached hydrogen (secondary N) is 1. The fraction of sp³-hybridized carbons (Fsp3) is 0.467. The normalized spacial score (nSPS) is 16.7. The van der Waals surface area contributed by atoms with E-state index in [1.807, 2.05) is 29.5 Å². The van der Waals surface area contributed by atoms with Crippen LogP contribution < -0.4 is 5.32 Å². The molecule has 2 aromatic heterocycles. The average Bonchev–Trinajstić information content (AvgIpc) is 3.20. The van der Waals surface area contributed by atoms with E-state index in [-0.39, 0.29) is 30.7 Å². The highest BCUT2D eigenvalue weighted by molar-refractivity contribution is 7.13. The first-order chi connectivity index (χ1) is 10.3.